The van der Waals surface area contributed by atoms with Crippen molar-refractivity contribution in [2.45, 2.75) is 0 Å². The number of hydrogen-bond donors (Lipinski definition) is 0. The Morgan fingerprint density at radius 3 is 1.80 bits per heavy atom. The zero-order chi connectivity index (χ0) is 26.5. The van der Waals surface area contributed by atoms with E-state index in [0.717, 1.165) is 39.0 Å². The van der Waals surface area contributed by atoms with Gasteiger partial charge in [-0.2, -0.15) is 0 Å². The number of furan rings is 1. The lowest BCUT2D eigenvalue weighted by Gasteiger charge is -2.25. The summed E-state index contributed by atoms with van der Waals surface area (Å²) in [5.74, 6) is 0. The van der Waals surface area contributed by atoms with E-state index in [0.29, 0.717) is 0 Å². The normalized spacial score (nSPS) is 11.5. The van der Waals surface area contributed by atoms with E-state index >= 15 is 0 Å². The van der Waals surface area contributed by atoms with Gasteiger partial charge in [-0.1, -0.05) is 97.1 Å². The highest BCUT2D eigenvalue weighted by Gasteiger charge is 2.16. The van der Waals surface area contributed by atoms with Gasteiger partial charge in [0.05, 0.1) is 0 Å². The van der Waals surface area contributed by atoms with E-state index in [1.807, 2.05) is 12.1 Å². The molecule has 0 aliphatic carbocycles. The van der Waals surface area contributed by atoms with Crippen LogP contribution in [-0.2, 0) is 0 Å². The van der Waals surface area contributed by atoms with Crippen molar-refractivity contribution < 1.29 is 4.42 Å². The molecule has 0 fully saturated rings. The quantitative estimate of drug-likeness (QED) is 0.218. The molecule has 0 spiro atoms. The molecule has 188 valence electrons. The summed E-state index contributed by atoms with van der Waals surface area (Å²) in [4.78, 5) is 2.29. The minimum atomic E-state index is 0.888. The molecule has 8 aromatic rings. The first kappa shape index (κ1) is 22.6. The molecular formula is C38H25NO. The number of fused-ring (bicyclic) bond motifs is 6. The van der Waals surface area contributed by atoms with Gasteiger partial charge in [-0.3, -0.25) is 0 Å². The predicted octanol–water partition coefficient (Wildman–Crippen LogP) is 11.0. The summed E-state index contributed by atoms with van der Waals surface area (Å²) < 4.78 is 6.24. The zero-order valence-corrected chi connectivity index (χ0v) is 21.8. The fraction of sp³-hybridized carbons (Fsp3) is 0. The third-order valence-electron chi connectivity index (χ3n) is 7.84. The van der Waals surface area contributed by atoms with Crippen molar-refractivity contribution >= 4 is 60.5 Å². The van der Waals surface area contributed by atoms with Crippen molar-refractivity contribution in [2.75, 3.05) is 4.90 Å². The fourth-order valence-electron chi connectivity index (χ4n) is 5.96. The highest BCUT2D eigenvalue weighted by Crippen LogP contribution is 2.40. The number of hydrogen-bond acceptors (Lipinski definition) is 2. The molecule has 0 aliphatic heterocycles. The van der Waals surface area contributed by atoms with Gasteiger partial charge in [0.2, 0.25) is 0 Å². The third-order valence-corrected chi connectivity index (χ3v) is 7.84. The van der Waals surface area contributed by atoms with Gasteiger partial charge < -0.3 is 9.32 Å². The predicted molar refractivity (Wildman–Crippen MR) is 169 cm³/mol. The van der Waals surface area contributed by atoms with E-state index in [-0.39, 0.29) is 0 Å². The number of rotatable bonds is 4. The first-order valence-electron chi connectivity index (χ1n) is 13.6. The second-order valence-electron chi connectivity index (χ2n) is 10.2. The van der Waals surface area contributed by atoms with E-state index in [1.165, 1.54) is 32.7 Å². The standard InChI is InChI=1S/C38H25NO/c1-2-11-28(12-3-1)39(30-22-23-35-34-16-8-9-17-37(34)40-38(35)25-30)29-20-18-26(19-21-29)36-24-27-10-4-5-13-31(27)32-14-6-7-15-33(32)36/h1-25H. The molecule has 0 aliphatic rings. The number of para-hydroxylation sites is 2. The third kappa shape index (κ3) is 3.65. The van der Waals surface area contributed by atoms with Gasteiger partial charge >= 0.3 is 0 Å². The lowest BCUT2D eigenvalue weighted by atomic mass is 9.93. The molecule has 0 N–H and O–H groups in total. The lowest BCUT2D eigenvalue weighted by Crippen LogP contribution is -2.09. The minimum absolute atomic E-state index is 0.888. The van der Waals surface area contributed by atoms with Crippen LogP contribution in [0, 0.1) is 0 Å². The van der Waals surface area contributed by atoms with Crippen LogP contribution in [0.3, 0.4) is 0 Å². The Labute approximate surface area is 232 Å². The van der Waals surface area contributed by atoms with Gasteiger partial charge in [0.15, 0.2) is 0 Å². The molecule has 0 saturated heterocycles. The molecule has 2 heteroatoms. The molecule has 0 atom stereocenters. The Hall–Kier alpha value is -5.34. The van der Waals surface area contributed by atoms with Crippen molar-refractivity contribution in [2.24, 2.45) is 0 Å². The Balaban J connectivity index is 1.27. The minimum Gasteiger partial charge on any atom is -0.456 e. The highest BCUT2D eigenvalue weighted by atomic mass is 16.3. The van der Waals surface area contributed by atoms with Crippen LogP contribution in [0.15, 0.2) is 156 Å². The first-order valence-corrected chi connectivity index (χ1v) is 13.6. The van der Waals surface area contributed by atoms with E-state index in [4.69, 9.17) is 4.42 Å². The zero-order valence-electron chi connectivity index (χ0n) is 21.8. The van der Waals surface area contributed by atoms with Gasteiger partial charge in [0.1, 0.15) is 11.2 Å². The van der Waals surface area contributed by atoms with E-state index in [9.17, 15) is 0 Å². The van der Waals surface area contributed by atoms with E-state index in [2.05, 4.69) is 144 Å². The molecule has 0 bridgehead atoms. The van der Waals surface area contributed by atoms with Crippen molar-refractivity contribution in [1.29, 1.82) is 0 Å². The average Bonchev–Trinajstić information content (AvgIpc) is 3.40. The summed E-state index contributed by atoms with van der Waals surface area (Å²) >= 11 is 0. The Kier molecular flexibility index (Phi) is 5.17. The van der Waals surface area contributed by atoms with Crippen molar-refractivity contribution in [3.8, 4) is 11.1 Å². The van der Waals surface area contributed by atoms with Crippen molar-refractivity contribution in [3.05, 3.63) is 152 Å². The van der Waals surface area contributed by atoms with E-state index in [1.54, 1.807) is 0 Å². The molecule has 7 aromatic carbocycles. The lowest BCUT2D eigenvalue weighted by molar-refractivity contribution is 0.669. The molecule has 8 rings (SSSR count). The second-order valence-corrected chi connectivity index (χ2v) is 10.2. The van der Waals surface area contributed by atoms with Crippen LogP contribution in [0.25, 0.3) is 54.6 Å². The van der Waals surface area contributed by atoms with Gasteiger partial charge in [0.25, 0.3) is 0 Å². The van der Waals surface area contributed by atoms with Crippen LogP contribution in [0.1, 0.15) is 0 Å². The van der Waals surface area contributed by atoms with Crippen LogP contribution in [0.2, 0.25) is 0 Å². The van der Waals surface area contributed by atoms with Crippen molar-refractivity contribution in [3.63, 3.8) is 0 Å². The first-order chi connectivity index (χ1) is 19.8. The topological polar surface area (TPSA) is 16.4 Å². The maximum absolute atomic E-state index is 6.24. The summed E-state index contributed by atoms with van der Waals surface area (Å²) in [7, 11) is 0. The number of nitrogens with zero attached hydrogens (tertiary/aromatic N) is 1. The monoisotopic (exact) mass is 511 g/mol. The molecular weight excluding hydrogens is 486 g/mol. The molecule has 0 saturated carbocycles. The molecule has 0 amide bonds. The van der Waals surface area contributed by atoms with Gasteiger partial charge in [0, 0.05) is 33.9 Å². The van der Waals surface area contributed by atoms with Gasteiger partial charge in [-0.25, -0.2) is 0 Å². The largest absolute Gasteiger partial charge is 0.456 e. The fourth-order valence-corrected chi connectivity index (χ4v) is 5.96. The Bertz CT molecular complexity index is 2160. The smallest absolute Gasteiger partial charge is 0.137 e. The molecule has 2 nitrogen and oxygen atoms in total. The Morgan fingerprint density at radius 1 is 0.375 bits per heavy atom. The number of benzene rings is 7. The van der Waals surface area contributed by atoms with E-state index < -0.39 is 0 Å². The molecule has 40 heavy (non-hydrogen) atoms. The Morgan fingerprint density at radius 2 is 0.975 bits per heavy atom. The van der Waals surface area contributed by atoms with Crippen LogP contribution >= 0.6 is 0 Å². The molecule has 1 aromatic heterocycles. The van der Waals surface area contributed by atoms with Gasteiger partial charge in [-0.05, 0) is 81.2 Å². The summed E-state index contributed by atoms with van der Waals surface area (Å²) in [6.45, 7) is 0. The second kappa shape index (κ2) is 9.14. The summed E-state index contributed by atoms with van der Waals surface area (Å²) in [5, 5.41) is 7.36. The maximum Gasteiger partial charge on any atom is 0.137 e. The summed E-state index contributed by atoms with van der Waals surface area (Å²) in [6, 6.07) is 53.8. The average molecular weight is 512 g/mol. The van der Waals surface area contributed by atoms with Crippen LogP contribution in [-0.4, -0.2) is 0 Å². The van der Waals surface area contributed by atoms with Crippen LogP contribution in [0.5, 0.6) is 0 Å². The molecule has 1 heterocycles. The highest BCUT2D eigenvalue weighted by molar-refractivity contribution is 6.13. The molecule has 0 unspecified atom stereocenters. The SMILES string of the molecule is c1ccc(N(c2ccc(-c3cc4ccccc4c4ccccc34)cc2)c2ccc3c(c2)oc2ccccc23)cc1. The number of anilines is 3. The van der Waals surface area contributed by atoms with Crippen LogP contribution < -0.4 is 4.90 Å². The van der Waals surface area contributed by atoms with Crippen molar-refractivity contribution in [1.82, 2.24) is 0 Å². The summed E-state index contributed by atoms with van der Waals surface area (Å²) in [5.41, 5.74) is 7.49. The summed E-state index contributed by atoms with van der Waals surface area (Å²) in [6.07, 6.45) is 0. The maximum atomic E-state index is 6.24. The van der Waals surface area contributed by atoms with Gasteiger partial charge in [-0.15, -0.1) is 0 Å². The van der Waals surface area contributed by atoms with Crippen LogP contribution in [0.4, 0.5) is 17.1 Å². The molecule has 0 radical (unpaired) electrons.